The van der Waals surface area contributed by atoms with Gasteiger partial charge in [0.2, 0.25) is 0 Å². The van der Waals surface area contributed by atoms with Crippen molar-refractivity contribution < 1.29 is 17.9 Å². The number of rotatable bonds is 9. The number of benzene rings is 4. The fourth-order valence-electron chi connectivity index (χ4n) is 4.61. The molecule has 0 aliphatic carbocycles. The third-order valence-corrected chi connectivity index (χ3v) is 6.84. The Balaban J connectivity index is 1.23. The predicted octanol–water partition coefficient (Wildman–Crippen LogP) is 8.64. The van der Waals surface area contributed by atoms with Crippen LogP contribution in [0.25, 0.3) is 22.3 Å². The van der Waals surface area contributed by atoms with Crippen LogP contribution >= 0.6 is 0 Å². The SMILES string of the molecule is CCCCc1ccc(-c2ccc(CCc3ccc(-c4cc(F)c(C5CO5)c(F)c4)c(F)c3)cc2)cc1. The Morgan fingerprint density at radius 1 is 0.639 bits per heavy atom. The summed E-state index contributed by atoms with van der Waals surface area (Å²) in [4.78, 5) is 0. The molecule has 0 aromatic heterocycles. The molecule has 1 unspecified atom stereocenters. The van der Waals surface area contributed by atoms with Gasteiger partial charge in [-0.3, -0.25) is 0 Å². The number of ether oxygens (including phenoxy) is 1. The van der Waals surface area contributed by atoms with E-state index in [-0.39, 0.29) is 16.7 Å². The second kappa shape index (κ2) is 10.7. The molecule has 5 rings (SSSR count). The lowest BCUT2D eigenvalue weighted by Gasteiger charge is -2.10. The molecule has 1 fully saturated rings. The van der Waals surface area contributed by atoms with Crippen molar-refractivity contribution in [3.8, 4) is 22.3 Å². The summed E-state index contributed by atoms with van der Waals surface area (Å²) in [5, 5.41) is 0. The minimum absolute atomic E-state index is 0.0780. The Morgan fingerprint density at radius 2 is 1.17 bits per heavy atom. The molecule has 1 aliphatic rings. The van der Waals surface area contributed by atoms with Crippen molar-refractivity contribution >= 4 is 0 Å². The third kappa shape index (κ3) is 5.55. The lowest BCUT2D eigenvalue weighted by atomic mass is 9.97. The van der Waals surface area contributed by atoms with E-state index in [0.717, 1.165) is 18.4 Å². The van der Waals surface area contributed by atoms with Gasteiger partial charge in [-0.2, -0.15) is 0 Å². The monoisotopic (exact) mass is 486 g/mol. The lowest BCUT2D eigenvalue weighted by molar-refractivity contribution is 0.398. The van der Waals surface area contributed by atoms with Crippen LogP contribution in [-0.4, -0.2) is 6.61 Å². The second-order valence-corrected chi connectivity index (χ2v) is 9.49. The Kier molecular flexibility index (Phi) is 7.24. The summed E-state index contributed by atoms with van der Waals surface area (Å²) in [5.41, 5.74) is 6.05. The molecule has 0 spiro atoms. The van der Waals surface area contributed by atoms with Crippen LogP contribution in [0.15, 0.2) is 78.9 Å². The maximum Gasteiger partial charge on any atom is 0.132 e. The number of hydrogen-bond donors (Lipinski definition) is 0. The van der Waals surface area contributed by atoms with Gasteiger partial charge in [0.15, 0.2) is 0 Å². The highest BCUT2D eigenvalue weighted by atomic mass is 19.1. The molecule has 1 atom stereocenters. The van der Waals surface area contributed by atoms with Crippen molar-refractivity contribution in [2.75, 3.05) is 6.61 Å². The molecular weight excluding hydrogens is 457 g/mol. The maximum atomic E-state index is 14.9. The van der Waals surface area contributed by atoms with Gasteiger partial charge in [0, 0.05) is 5.56 Å². The van der Waals surface area contributed by atoms with Crippen LogP contribution in [0.2, 0.25) is 0 Å². The molecule has 0 bridgehead atoms. The van der Waals surface area contributed by atoms with Crippen LogP contribution in [0.1, 0.15) is 48.1 Å². The van der Waals surface area contributed by atoms with Crippen LogP contribution in [0, 0.1) is 17.5 Å². The molecule has 0 N–H and O–H groups in total. The first-order chi connectivity index (χ1) is 17.5. The largest absolute Gasteiger partial charge is 0.368 e. The predicted molar refractivity (Wildman–Crippen MR) is 138 cm³/mol. The van der Waals surface area contributed by atoms with Crippen LogP contribution in [0.4, 0.5) is 13.2 Å². The fourth-order valence-corrected chi connectivity index (χ4v) is 4.61. The summed E-state index contributed by atoms with van der Waals surface area (Å²) in [5.74, 6) is -1.89. The molecular formula is C32H29F3O. The molecule has 4 heteroatoms. The molecule has 0 radical (unpaired) electrons. The minimum atomic E-state index is -0.702. The zero-order valence-electron chi connectivity index (χ0n) is 20.4. The van der Waals surface area contributed by atoms with Gasteiger partial charge >= 0.3 is 0 Å². The number of aryl methyl sites for hydroxylation is 3. The molecule has 1 saturated heterocycles. The number of halogens is 3. The van der Waals surface area contributed by atoms with E-state index in [0.29, 0.717) is 13.0 Å². The molecule has 36 heavy (non-hydrogen) atoms. The van der Waals surface area contributed by atoms with Crippen LogP contribution in [0.3, 0.4) is 0 Å². The summed E-state index contributed by atoms with van der Waals surface area (Å²) in [6, 6.07) is 24.5. The standard InChI is InChI=1S/C32H29F3O/c1-2-3-4-21-7-12-24(13-8-21)25-14-9-22(10-15-25)5-6-23-11-16-27(28(33)17-23)26-18-29(34)32(30(35)19-26)31-20-36-31/h7-19,31H,2-6,20H2,1H3. The smallest absolute Gasteiger partial charge is 0.132 e. The van der Waals surface area contributed by atoms with E-state index >= 15 is 0 Å². The normalized spacial score (nSPS) is 14.7. The van der Waals surface area contributed by atoms with Crippen molar-refractivity contribution in [2.24, 2.45) is 0 Å². The Labute approximate surface area is 210 Å². The second-order valence-electron chi connectivity index (χ2n) is 9.49. The molecule has 4 aromatic carbocycles. The topological polar surface area (TPSA) is 12.5 Å². The Bertz CT molecular complexity index is 1320. The first-order valence-electron chi connectivity index (χ1n) is 12.6. The average molecular weight is 487 g/mol. The van der Waals surface area contributed by atoms with Gasteiger partial charge in [-0.25, -0.2) is 13.2 Å². The van der Waals surface area contributed by atoms with Gasteiger partial charge in [0.25, 0.3) is 0 Å². The summed E-state index contributed by atoms with van der Waals surface area (Å²) < 4.78 is 48.6. The Morgan fingerprint density at radius 3 is 1.69 bits per heavy atom. The van der Waals surface area contributed by atoms with Crippen molar-refractivity contribution in [3.63, 3.8) is 0 Å². The summed E-state index contributed by atoms with van der Waals surface area (Å²) in [6.07, 6.45) is 4.44. The molecule has 1 nitrogen and oxygen atoms in total. The van der Waals surface area contributed by atoms with Gasteiger partial charge in [-0.15, -0.1) is 0 Å². The van der Waals surface area contributed by atoms with E-state index in [2.05, 4.69) is 55.5 Å². The molecule has 184 valence electrons. The molecule has 0 saturated carbocycles. The van der Waals surface area contributed by atoms with Crippen LogP contribution < -0.4 is 0 Å². The molecule has 0 amide bonds. The zero-order valence-corrected chi connectivity index (χ0v) is 20.4. The minimum Gasteiger partial charge on any atom is -0.368 e. The summed E-state index contributed by atoms with van der Waals surface area (Å²) in [7, 11) is 0. The number of unbranched alkanes of at least 4 members (excludes halogenated alkanes) is 1. The molecule has 1 aliphatic heterocycles. The highest BCUT2D eigenvalue weighted by Crippen LogP contribution is 2.36. The zero-order chi connectivity index (χ0) is 25.1. The van der Waals surface area contributed by atoms with Crippen LogP contribution in [0.5, 0.6) is 0 Å². The average Bonchev–Trinajstić information content (AvgIpc) is 3.72. The van der Waals surface area contributed by atoms with Gasteiger partial charge in [-0.05, 0) is 77.3 Å². The quantitative estimate of drug-likeness (QED) is 0.216. The van der Waals surface area contributed by atoms with E-state index in [1.54, 1.807) is 6.07 Å². The van der Waals surface area contributed by atoms with E-state index in [1.807, 2.05) is 6.07 Å². The fraction of sp³-hybridized carbons (Fsp3) is 0.250. The van der Waals surface area contributed by atoms with E-state index in [4.69, 9.17) is 4.74 Å². The highest BCUT2D eigenvalue weighted by molar-refractivity contribution is 5.66. The first kappa shape index (κ1) is 24.3. The van der Waals surface area contributed by atoms with Crippen molar-refractivity contribution in [1.82, 2.24) is 0 Å². The van der Waals surface area contributed by atoms with Gasteiger partial charge in [-0.1, -0.05) is 74.0 Å². The van der Waals surface area contributed by atoms with Crippen LogP contribution in [-0.2, 0) is 24.0 Å². The van der Waals surface area contributed by atoms with E-state index < -0.39 is 23.6 Å². The van der Waals surface area contributed by atoms with E-state index in [9.17, 15) is 13.2 Å². The molecule has 1 heterocycles. The van der Waals surface area contributed by atoms with Gasteiger partial charge < -0.3 is 4.74 Å². The number of hydrogen-bond acceptors (Lipinski definition) is 1. The van der Waals surface area contributed by atoms with E-state index in [1.165, 1.54) is 53.3 Å². The third-order valence-electron chi connectivity index (χ3n) is 6.84. The van der Waals surface area contributed by atoms with Crippen molar-refractivity contribution in [3.05, 3.63) is 119 Å². The lowest BCUT2D eigenvalue weighted by Crippen LogP contribution is -1.97. The first-order valence-corrected chi connectivity index (χ1v) is 12.6. The van der Waals surface area contributed by atoms with Gasteiger partial charge in [0.05, 0.1) is 12.2 Å². The summed E-state index contributed by atoms with van der Waals surface area (Å²) >= 11 is 0. The van der Waals surface area contributed by atoms with Gasteiger partial charge in [0.1, 0.15) is 23.6 Å². The summed E-state index contributed by atoms with van der Waals surface area (Å²) in [6.45, 7) is 2.52. The highest BCUT2D eigenvalue weighted by Gasteiger charge is 2.31. The van der Waals surface area contributed by atoms with Crippen molar-refractivity contribution in [1.29, 1.82) is 0 Å². The number of epoxide rings is 1. The van der Waals surface area contributed by atoms with Crippen molar-refractivity contribution in [2.45, 2.75) is 45.1 Å². The Hall–Kier alpha value is -3.37. The molecule has 4 aromatic rings. The maximum absolute atomic E-state index is 14.9.